The van der Waals surface area contributed by atoms with Crippen molar-refractivity contribution in [1.29, 1.82) is 0 Å². The van der Waals surface area contributed by atoms with Crippen LogP contribution >= 0.6 is 11.6 Å². The highest BCUT2D eigenvalue weighted by atomic mass is 35.5. The number of carbonyl (C=O) groups is 1. The highest BCUT2D eigenvalue weighted by molar-refractivity contribution is 6.16. The molecule has 0 unspecified atom stereocenters. The summed E-state index contributed by atoms with van der Waals surface area (Å²) in [5, 5.41) is 7.15. The SMILES string of the molecule is O=C(OCc1ccccc1)N1CCC[C@H]1c1cc(CCl)[nH]n1. The zero-order valence-corrected chi connectivity index (χ0v) is 12.9. The minimum atomic E-state index is -0.290. The molecule has 1 N–H and O–H groups in total. The van der Waals surface area contributed by atoms with E-state index in [4.69, 9.17) is 16.3 Å². The van der Waals surface area contributed by atoms with Crippen molar-refractivity contribution >= 4 is 17.7 Å². The zero-order chi connectivity index (χ0) is 15.4. The number of amides is 1. The van der Waals surface area contributed by atoms with Crippen LogP contribution in [-0.2, 0) is 17.2 Å². The van der Waals surface area contributed by atoms with Gasteiger partial charge < -0.3 is 4.74 Å². The van der Waals surface area contributed by atoms with E-state index in [1.807, 2.05) is 36.4 Å². The molecule has 1 amide bonds. The highest BCUT2D eigenvalue weighted by Gasteiger charge is 2.32. The fraction of sp³-hybridized carbons (Fsp3) is 0.375. The molecule has 3 rings (SSSR count). The molecule has 1 fully saturated rings. The van der Waals surface area contributed by atoms with E-state index >= 15 is 0 Å². The quantitative estimate of drug-likeness (QED) is 0.876. The zero-order valence-electron chi connectivity index (χ0n) is 12.2. The average Bonchev–Trinajstić information content (AvgIpc) is 3.21. The van der Waals surface area contributed by atoms with Gasteiger partial charge in [-0.3, -0.25) is 10.00 Å². The van der Waals surface area contributed by atoms with E-state index in [-0.39, 0.29) is 18.7 Å². The molecule has 2 heterocycles. The van der Waals surface area contributed by atoms with Crippen LogP contribution in [0.25, 0.3) is 0 Å². The Balaban J connectivity index is 1.63. The lowest BCUT2D eigenvalue weighted by Gasteiger charge is -2.22. The molecule has 1 aliphatic rings. The van der Waals surface area contributed by atoms with Crippen molar-refractivity contribution in [1.82, 2.24) is 15.1 Å². The highest BCUT2D eigenvalue weighted by Crippen LogP contribution is 2.31. The van der Waals surface area contributed by atoms with Crippen molar-refractivity contribution in [2.45, 2.75) is 31.4 Å². The molecule has 1 aliphatic heterocycles. The molecule has 0 saturated carbocycles. The first-order chi connectivity index (χ1) is 10.8. The van der Waals surface area contributed by atoms with Crippen molar-refractivity contribution in [3.63, 3.8) is 0 Å². The summed E-state index contributed by atoms with van der Waals surface area (Å²) in [4.78, 5) is 14.1. The Morgan fingerprint density at radius 3 is 2.95 bits per heavy atom. The molecule has 2 aromatic rings. The topological polar surface area (TPSA) is 58.2 Å². The Morgan fingerprint density at radius 2 is 2.23 bits per heavy atom. The van der Waals surface area contributed by atoms with Crippen molar-refractivity contribution in [3.05, 3.63) is 53.3 Å². The van der Waals surface area contributed by atoms with Crippen LogP contribution < -0.4 is 0 Å². The van der Waals surface area contributed by atoms with E-state index in [2.05, 4.69) is 10.2 Å². The number of hydrogen-bond acceptors (Lipinski definition) is 3. The molecule has 1 atom stereocenters. The lowest BCUT2D eigenvalue weighted by molar-refractivity contribution is 0.0915. The molecule has 0 aliphatic carbocycles. The predicted octanol–water partition coefficient (Wildman–Crippen LogP) is 3.62. The molecular weight excluding hydrogens is 302 g/mol. The lowest BCUT2D eigenvalue weighted by Crippen LogP contribution is -2.31. The largest absolute Gasteiger partial charge is 0.445 e. The monoisotopic (exact) mass is 319 g/mol. The summed E-state index contributed by atoms with van der Waals surface area (Å²) in [6.07, 6.45) is 1.56. The number of benzene rings is 1. The van der Waals surface area contributed by atoms with Gasteiger partial charge in [-0.05, 0) is 24.5 Å². The molecule has 0 radical (unpaired) electrons. The van der Waals surface area contributed by atoms with Gasteiger partial charge in [0.25, 0.3) is 0 Å². The molecule has 6 heteroatoms. The minimum absolute atomic E-state index is 0.0310. The first kappa shape index (κ1) is 14.9. The fourth-order valence-corrected chi connectivity index (χ4v) is 2.85. The third-order valence-electron chi connectivity index (χ3n) is 3.83. The number of ether oxygens (including phenoxy) is 1. The van der Waals surface area contributed by atoms with Gasteiger partial charge in [-0.1, -0.05) is 30.3 Å². The number of aromatic amines is 1. The summed E-state index contributed by atoms with van der Waals surface area (Å²) in [5.74, 6) is 0.387. The number of nitrogens with one attached hydrogen (secondary N) is 1. The van der Waals surface area contributed by atoms with Gasteiger partial charge in [0.15, 0.2) is 0 Å². The number of aromatic nitrogens is 2. The molecule has 1 saturated heterocycles. The van der Waals surface area contributed by atoms with Crippen LogP contribution in [0.5, 0.6) is 0 Å². The number of likely N-dealkylation sites (tertiary alicyclic amines) is 1. The van der Waals surface area contributed by atoms with Crippen molar-refractivity contribution < 1.29 is 9.53 Å². The van der Waals surface area contributed by atoms with Gasteiger partial charge in [0.2, 0.25) is 0 Å². The van der Waals surface area contributed by atoms with Crippen molar-refractivity contribution in [2.24, 2.45) is 0 Å². The van der Waals surface area contributed by atoms with Gasteiger partial charge in [-0.25, -0.2) is 4.79 Å². The molecule has 5 nitrogen and oxygen atoms in total. The molecule has 1 aromatic heterocycles. The molecule has 0 spiro atoms. The standard InChI is InChI=1S/C16H18ClN3O2/c17-10-13-9-14(19-18-13)15-7-4-8-20(15)16(21)22-11-12-5-2-1-3-6-12/h1-3,5-6,9,15H,4,7-8,10-11H2,(H,18,19)/t15-/m0/s1. The van der Waals surface area contributed by atoms with E-state index in [0.29, 0.717) is 12.4 Å². The summed E-state index contributed by atoms with van der Waals surface area (Å²) >= 11 is 5.79. The predicted molar refractivity (Wildman–Crippen MR) is 83.5 cm³/mol. The average molecular weight is 320 g/mol. The maximum absolute atomic E-state index is 12.3. The summed E-state index contributed by atoms with van der Waals surface area (Å²) in [6, 6.07) is 11.6. The summed E-state index contributed by atoms with van der Waals surface area (Å²) in [7, 11) is 0. The van der Waals surface area contributed by atoms with Crippen LogP contribution in [0.15, 0.2) is 36.4 Å². The second-order valence-corrected chi connectivity index (χ2v) is 5.61. The maximum Gasteiger partial charge on any atom is 0.410 e. The van der Waals surface area contributed by atoms with E-state index < -0.39 is 0 Å². The van der Waals surface area contributed by atoms with Gasteiger partial charge >= 0.3 is 6.09 Å². The van der Waals surface area contributed by atoms with Crippen LogP contribution in [0.2, 0.25) is 0 Å². The summed E-state index contributed by atoms with van der Waals surface area (Å²) < 4.78 is 5.42. The Bertz CT molecular complexity index is 629. The van der Waals surface area contributed by atoms with Gasteiger partial charge in [-0.15, -0.1) is 11.6 Å². The van der Waals surface area contributed by atoms with Gasteiger partial charge in [-0.2, -0.15) is 5.10 Å². The third kappa shape index (κ3) is 3.25. The molecule has 1 aromatic carbocycles. The maximum atomic E-state index is 12.3. The van der Waals surface area contributed by atoms with Crippen LogP contribution in [0, 0.1) is 0 Å². The van der Waals surface area contributed by atoms with Gasteiger partial charge in [0.1, 0.15) is 6.61 Å². The van der Waals surface area contributed by atoms with Gasteiger partial charge in [0.05, 0.1) is 23.3 Å². The number of halogens is 1. The fourth-order valence-electron chi connectivity index (χ4n) is 2.71. The van der Waals surface area contributed by atoms with Gasteiger partial charge in [0, 0.05) is 6.54 Å². The summed E-state index contributed by atoms with van der Waals surface area (Å²) in [5.41, 5.74) is 2.70. The molecule has 116 valence electrons. The summed E-state index contributed by atoms with van der Waals surface area (Å²) in [6.45, 7) is 0.984. The lowest BCUT2D eigenvalue weighted by atomic mass is 10.1. The number of hydrogen-bond donors (Lipinski definition) is 1. The Kier molecular flexibility index (Phi) is 4.63. The van der Waals surface area contributed by atoms with E-state index in [9.17, 15) is 4.79 Å². The van der Waals surface area contributed by atoms with E-state index in [1.54, 1.807) is 4.90 Å². The minimum Gasteiger partial charge on any atom is -0.445 e. The van der Waals surface area contributed by atoms with Crippen LogP contribution in [-0.4, -0.2) is 27.7 Å². The number of rotatable bonds is 4. The third-order valence-corrected chi connectivity index (χ3v) is 4.12. The number of carbonyl (C=O) groups excluding carboxylic acids is 1. The molecular formula is C16H18ClN3O2. The van der Waals surface area contributed by atoms with E-state index in [1.165, 1.54) is 0 Å². The van der Waals surface area contributed by atoms with Crippen LogP contribution in [0.4, 0.5) is 4.79 Å². The Labute approximate surface area is 134 Å². The molecule has 22 heavy (non-hydrogen) atoms. The van der Waals surface area contributed by atoms with Crippen LogP contribution in [0.1, 0.15) is 35.8 Å². The van der Waals surface area contributed by atoms with Crippen LogP contribution in [0.3, 0.4) is 0 Å². The normalized spacial score (nSPS) is 17.7. The number of alkyl halides is 1. The Hall–Kier alpha value is -2.01. The number of nitrogens with zero attached hydrogens (tertiary/aromatic N) is 2. The second kappa shape index (κ2) is 6.83. The number of H-pyrrole nitrogens is 1. The van der Waals surface area contributed by atoms with Crippen molar-refractivity contribution in [3.8, 4) is 0 Å². The first-order valence-corrected chi connectivity index (χ1v) is 7.89. The first-order valence-electron chi connectivity index (χ1n) is 7.35. The van der Waals surface area contributed by atoms with Crippen molar-refractivity contribution in [2.75, 3.05) is 6.54 Å². The second-order valence-electron chi connectivity index (χ2n) is 5.34. The molecule has 0 bridgehead atoms. The van der Waals surface area contributed by atoms with E-state index in [0.717, 1.165) is 29.8 Å². The smallest absolute Gasteiger partial charge is 0.410 e. The Morgan fingerprint density at radius 1 is 1.41 bits per heavy atom.